The highest BCUT2D eigenvalue weighted by Gasteiger charge is 2.26. The molecule has 1 fully saturated rings. The summed E-state index contributed by atoms with van der Waals surface area (Å²) in [6.07, 6.45) is 4.59. The largest absolute Gasteiger partial charge is 0.493 e. The summed E-state index contributed by atoms with van der Waals surface area (Å²) in [5.41, 5.74) is 0.859. The third kappa shape index (κ3) is 4.98. The van der Waals surface area contributed by atoms with Crippen LogP contribution < -0.4 is 9.47 Å². The zero-order valence-electron chi connectivity index (χ0n) is 15.0. The predicted molar refractivity (Wildman–Crippen MR) is 94.5 cm³/mol. The summed E-state index contributed by atoms with van der Waals surface area (Å²) in [7, 11) is 2.98. The minimum absolute atomic E-state index is 0.0591. The van der Waals surface area contributed by atoms with Crippen LogP contribution in [0.4, 0.5) is 0 Å². The van der Waals surface area contributed by atoms with Crippen LogP contribution in [0.3, 0.4) is 0 Å². The van der Waals surface area contributed by atoms with Crippen molar-refractivity contribution in [2.24, 2.45) is 5.92 Å². The molecular weight excluding hydrogens is 322 g/mol. The van der Waals surface area contributed by atoms with Gasteiger partial charge in [-0.15, -0.1) is 0 Å². The van der Waals surface area contributed by atoms with Crippen LogP contribution in [0, 0.1) is 5.92 Å². The molecule has 1 aliphatic rings. The van der Waals surface area contributed by atoms with Gasteiger partial charge in [0.1, 0.15) is 0 Å². The maximum absolute atomic E-state index is 12.3. The lowest BCUT2D eigenvalue weighted by Crippen LogP contribution is -2.39. The Morgan fingerprint density at radius 1 is 1.20 bits per heavy atom. The summed E-state index contributed by atoms with van der Waals surface area (Å²) >= 11 is 0. The zero-order valence-corrected chi connectivity index (χ0v) is 15.0. The first kappa shape index (κ1) is 18.8. The van der Waals surface area contributed by atoms with Crippen LogP contribution in [0.15, 0.2) is 24.3 Å². The van der Waals surface area contributed by atoms with Crippen molar-refractivity contribution in [2.75, 3.05) is 33.9 Å². The van der Waals surface area contributed by atoms with E-state index in [1.54, 1.807) is 24.2 Å². The molecule has 0 saturated carbocycles. The normalized spacial score (nSPS) is 15.2. The number of benzene rings is 1. The van der Waals surface area contributed by atoms with E-state index < -0.39 is 0 Å². The van der Waals surface area contributed by atoms with Gasteiger partial charge in [-0.1, -0.05) is 6.07 Å². The van der Waals surface area contributed by atoms with Crippen LogP contribution in [0.25, 0.3) is 6.08 Å². The van der Waals surface area contributed by atoms with Crippen molar-refractivity contribution in [3.05, 3.63) is 29.8 Å². The van der Waals surface area contributed by atoms with Crippen LogP contribution in [0.5, 0.6) is 11.5 Å². The van der Waals surface area contributed by atoms with Gasteiger partial charge in [0.2, 0.25) is 5.91 Å². The Balaban J connectivity index is 1.95. The van der Waals surface area contributed by atoms with E-state index in [4.69, 9.17) is 14.2 Å². The third-order valence-electron chi connectivity index (χ3n) is 4.25. The Labute approximate surface area is 148 Å². The zero-order chi connectivity index (χ0) is 18.2. The summed E-state index contributed by atoms with van der Waals surface area (Å²) in [5, 5.41) is 0. The lowest BCUT2D eigenvalue weighted by molar-refractivity contribution is -0.148. The monoisotopic (exact) mass is 347 g/mol. The Morgan fingerprint density at radius 3 is 2.52 bits per heavy atom. The molecule has 1 aromatic rings. The molecule has 0 aromatic heterocycles. The molecule has 136 valence electrons. The van der Waals surface area contributed by atoms with Crippen LogP contribution in [0.1, 0.15) is 25.3 Å². The van der Waals surface area contributed by atoms with E-state index in [1.165, 1.54) is 7.11 Å². The number of methoxy groups -OCH3 is 2. The summed E-state index contributed by atoms with van der Waals surface area (Å²) in [6.45, 7) is 3.60. The van der Waals surface area contributed by atoms with Crippen LogP contribution in [-0.4, -0.2) is 50.7 Å². The fourth-order valence-corrected chi connectivity index (χ4v) is 2.84. The van der Waals surface area contributed by atoms with Gasteiger partial charge in [0, 0.05) is 19.2 Å². The van der Waals surface area contributed by atoms with Crippen molar-refractivity contribution in [1.29, 1.82) is 0 Å². The molecule has 25 heavy (non-hydrogen) atoms. The molecule has 6 heteroatoms. The molecule has 0 unspecified atom stereocenters. The fraction of sp³-hybridized carbons (Fsp3) is 0.474. The van der Waals surface area contributed by atoms with Crippen LogP contribution in [0.2, 0.25) is 0 Å². The summed E-state index contributed by atoms with van der Waals surface area (Å²) < 4.78 is 15.5. The van der Waals surface area contributed by atoms with Gasteiger partial charge in [-0.3, -0.25) is 9.59 Å². The first-order chi connectivity index (χ1) is 12.1. The third-order valence-corrected chi connectivity index (χ3v) is 4.25. The molecule has 1 amide bonds. The molecular formula is C19H25NO5. The van der Waals surface area contributed by atoms with Gasteiger partial charge >= 0.3 is 5.97 Å². The van der Waals surface area contributed by atoms with Crippen LogP contribution >= 0.6 is 0 Å². The number of likely N-dealkylation sites (tertiary alicyclic amines) is 1. The number of hydrogen-bond acceptors (Lipinski definition) is 5. The van der Waals surface area contributed by atoms with Gasteiger partial charge in [0.15, 0.2) is 11.5 Å². The van der Waals surface area contributed by atoms with Crippen molar-refractivity contribution in [3.63, 3.8) is 0 Å². The van der Waals surface area contributed by atoms with E-state index >= 15 is 0 Å². The molecule has 1 aliphatic heterocycles. The minimum Gasteiger partial charge on any atom is -0.493 e. The molecule has 1 saturated heterocycles. The number of ether oxygens (including phenoxy) is 3. The van der Waals surface area contributed by atoms with Gasteiger partial charge in [-0.05, 0) is 43.5 Å². The second kappa shape index (κ2) is 9.11. The predicted octanol–water partition coefficient (Wildman–Crippen LogP) is 2.52. The molecule has 0 N–H and O–H groups in total. The lowest BCUT2D eigenvalue weighted by Gasteiger charge is -2.29. The number of amides is 1. The number of esters is 1. The number of hydrogen-bond donors (Lipinski definition) is 0. The highest BCUT2D eigenvalue weighted by Crippen LogP contribution is 2.28. The summed E-state index contributed by atoms with van der Waals surface area (Å²) in [6, 6.07) is 5.54. The van der Waals surface area contributed by atoms with Gasteiger partial charge in [0.25, 0.3) is 0 Å². The highest BCUT2D eigenvalue weighted by atomic mass is 16.5. The molecule has 0 spiro atoms. The van der Waals surface area contributed by atoms with Crippen molar-refractivity contribution >= 4 is 18.0 Å². The number of rotatable bonds is 6. The second-order valence-corrected chi connectivity index (χ2v) is 5.80. The average Bonchev–Trinajstić information content (AvgIpc) is 2.66. The van der Waals surface area contributed by atoms with Gasteiger partial charge in [0.05, 0.1) is 26.7 Å². The van der Waals surface area contributed by atoms with Crippen molar-refractivity contribution in [2.45, 2.75) is 19.8 Å². The van der Waals surface area contributed by atoms with E-state index in [0.717, 1.165) is 5.56 Å². The number of nitrogens with zero attached hydrogens (tertiary/aromatic N) is 1. The molecule has 0 aliphatic carbocycles. The molecule has 2 rings (SSSR count). The number of carbonyl (C=O) groups excluding carboxylic acids is 2. The number of carbonyl (C=O) groups is 2. The van der Waals surface area contributed by atoms with Gasteiger partial charge in [-0.2, -0.15) is 0 Å². The Kier molecular flexibility index (Phi) is 6.86. The molecule has 0 bridgehead atoms. The van der Waals surface area contributed by atoms with E-state index in [-0.39, 0.29) is 17.8 Å². The molecule has 6 nitrogen and oxygen atoms in total. The SMILES string of the molecule is CCOc1ccc(/C=C/C(=O)N2CCC(C(=O)OC)CC2)cc1OC. The van der Waals surface area contributed by atoms with Crippen molar-refractivity contribution < 1.29 is 23.8 Å². The summed E-state index contributed by atoms with van der Waals surface area (Å²) in [4.78, 5) is 25.6. The van der Waals surface area contributed by atoms with Gasteiger partial charge < -0.3 is 19.1 Å². The summed E-state index contributed by atoms with van der Waals surface area (Å²) in [5.74, 6) is 0.961. The van der Waals surface area contributed by atoms with Crippen molar-refractivity contribution in [1.82, 2.24) is 4.90 Å². The van der Waals surface area contributed by atoms with E-state index in [0.29, 0.717) is 44.0 Å². The standard InChI is InChI=1S/C19H25NO5/c1-4-25-16-7-5-14(13-17(16)23-2)6-8-18(21)20-11-9-15(10-12-20)19(22)24-3/h5-8,13,15H,4,9-12H2,1-3H3/b8-6+. The Bertz CT molecular complexity index is 633. The number of piperidine rings is 1. The average molecular weight is 347 g/mol. The molecule has 0 radical (unpaired) electrons. The lowest BCUT2D eigenvalue weighted by atomic mass is 9.97. The van der Waals surface area contributed by atoms with Gasteiger partial charge in [-0.25, -0.2) is 0 Å². The minimum atomic E-state index is -0.191. The Hall–Kier alpha value is -2.50. The van der Waals surface area contributed by atoms with E-state index in [1.807, 2.05) is 25.1 Å². The maximum Gasteiger partial charge on any atom is 0.308 e. The molecule has 1 heterocycles. The fourth-order valence-electron chi connectivity index (χ4n) is 2.84. The first-order valence-electron chi connectivity index (χ1n) is 8.44. The maximum atomic E-state index is 12.3. The quantitative estimate of drug-likeness (QED) is 0.584. The molecule has 0 atom stereocenters. The second-order valence-electron chi connectivity index (χ2n) is 5.80. The first-order valence-corrected chi connectivity index (χ1v) is 8.44. The van der Waals surface area contributed by atoms with E-state index in [9.17, 15) is 9.59 Å². The van der Waals surface area contributed by atoms with Crippen LogP contribution in [-0.2, 0) is 14.3 Å². The van der Waals surface area contributed by atoms with Crippen molar-refractivity contribution in [3.8, 4) is 11.5 Å². The van der Waals surface area contributed by atoms with E-state index in [2.05, 4.69) is 0 Å². The molecule has 1 aromatic carbocycles. The Morgan fingerprint density at radius 2 is 1.92 bits per heavy atom. The smallest absolute Gasteiger partial charge is 0.308 e. The highest BCUT2D eigenvalue weighted by molar-refractivity contribution is 5.92. The topological polar surface area (TPSA) is 65.1 Å².